The molecule has 0 spiro atoms. The molecule has 1 aliphatic carbocycles. The Kier molecular flexibility index (Phi) is 4.05. The normalized spacial score (nSPS) is 26.1. The first-order valence-corrected chi connectivity index (χ1v) is 8.98. The number of nitrogens with one attached hydrogen (secondary N) is 2. The van der Waals surface area contributed by atoms with Gasteiger partial charge >= 0.3 is 133 Å². The number of alkyl halides is 3. The van der Waals surface area contributed by atoms with E-state index in [2.05, 4.69) is 10.7 Å². The first-order valence-electron chi connectivity index (χ1n) is 7.26. The Morgan fingerprint density at radius 2 is 2.23 bits per heavy atom. The number of hydrogen-bond acceptors (Lipinski definition) is 4. The third-order valence-corrected chi connectivity index (χ3v) is 6.18. The summed E-state index contributed by atoms with van der Waals surface area (Å²) in [7, 11) is 0. The van der Waals surface area contributed by atoms with Crippen molar-refractivity contribution in [1.82, 2.24) is 15.8 Å². The molecule has 3 aliphatic rings. The van der Waals surface area contributed by atoms with E-state index >= 15 is 0 Å². The molecule has 2 aliphatic heterocycles. The van der Waals surface area contributed by atoms with Crippen molar-refractivity contribution in [3.05, 3.63) is 34.2 Å². The maximum atomic E-state index is 12.8. The van der Waals surface area contributed by atoms with Crippen molar-refractivity contribution in [3.63, 3.8) is 0 Å². The van der Waals surface area contributed by atoms with Gasteiger partial charge in [-0.15, -0.1) is 0 Å². The van der Waals surface area contributed by atoms with E-state index in [4.69, 9.17) is 5.73 Å². The van der Waals surface area contributed by atoms with Gasteiger partial charge in [0.1, 0.15) is 0 Å². The predicted molar refractivity (Wildman–Crippen MR) is 79.3 cm³/mol. The molecule has 4 N–H and O–H groups in total. The molecule has 1 unspecified atom stereocenters. The van der Waals surface area contributed by atoms with Gasteiger partial charge in [-0.2, -0.15) is 0 Å². The summed E-state index contributed by atoms with van der Waals surface area (Å²) in [5, 5.41) is 1.08. The summed E-state index contributed by atoms with van der Waals surface area (Å²) in [4.78, 5) is 0. The molecule has 0 amide bonds. The van der Waals surface area contributed by atoms with Crippen LogP contribution in [0.5, 0.6) is 0 Å². The fourth-order valence-electron chi connectivity index (χ4n) is 2.81. The van der Waals surface area contributed by atoms with Gasteiger partial charge in [0.05, 0.1) is 0 Å². The van der Waals surface area contributed by atoms with E-state index in [0.717, 1.165) is 25.1 Å². The first kappa shape index (κ1) is 15.9. The summed E-state index contributed by atoms with van der Waals surface area (Å²) >= 11 is -1.52. The fourth-order valence-corrected chi connectivity index (χ4v) is 4.37. The van der Waals surface area contributed by atoms with E-state index in [1.807, 2.05) is 6.08 Å². The van der Waals surface area contributed by atoms with Crippen LogP contribution in [0.2, 0.25) is 0 Å². The zero-order valence-corrected chi connectivity index (χ0v) is 13.9. The monoisotopic (exact) mass is 380 g/mol. The Labute approximate surface area is 133 Å². The second kappa shape index (κ2) is 5.60. The van der Waals surface area contributed by atoms with Gasteiger partial charge in [0, 0.05) is 0 Å². The molecule has 0 bridgehead atoms. The van der Waals surface area contributed by atoms with Gasteiger partial charge in [-0.3, -0.25) is 0 Å². The Morgan fingerprint density at radius 3 is 2.82 bits per heavy atom. The van der Waals surface area contributed by atoms with E-state index in [1.165, 1.54) is 0 Å². The summed E-state index contributed by atoms with van der Waals surface area (Å²) in [5.74, 6) is 0.809. The number of nitrogens with two attached hydrogens (primary N) is 1. The van der Waals surface area contributed by atoms with Crippen LogP contribution in [0.25, 0.3) is 0 Å². The number of rotatable bonds is 5. The number of hydrazine groups is 1. The minimum atomic E-state index is -4.14. The molecule has 2 heterocycles. The molecule has 0 aromatic heterocycles. The van der Waals surface area contributed by atoms with Crippen LogP contribution in [0.4, 0.5) is 13.2 Å². The zero-order valence-electron chi connectivity index (χ0n) is 12.2. The third-order valence-electron chi connectivity index (χ3n) is 4.05. The summed E-state index contributed by atoms with van der Waals surface area (Å²) < 4.78 is 38.8. The minimum absolute atomic E-state index is 0.0136. The van der Waals surface area contributed by atoms with Crippen molar-refractivity contribution >= 4 is 15.0 Å². The van der Waals surface area contributed by atoms with Crippen molar-refractivity contribution in [2.75, 3.05) is 6.54 Å². The van der Waals surface area contributed by atoms with Gasteiger partial charge in [0.15, 0.2) is 0 Å². The van der Waals surface area contributed by atoms with E-state index < -0.39 is 20.0 Å². The Morgan fingerprint density at radius 1 is 1.50 bits per heavy atom. The Hall–Kier alpha value is -0.951. The van der Waals surface area contributed by atoms with Crippen LogP contribution >= 0.6 is 0 Å². The van der Waals surface area contributed by atoms with Crippen LogP contribution in [-0.2, 0) is 0 Å². The van der Waals surface area contributed by atoms with E-state index in [-0.39, 0.29) is 11.6 Å². The van der Waals surface area contributed by atoms with Gasteiger partial charge in [-0.05, 0) is 0 Å². The van der Waals surface area contributed by atoms with Crippen LogP contribution in [0.15, 0.2) is 34.2 Å². The van der Waals surface area contributed by atoms with Crippen molar-refractivity contribution in [2.45, 2.75) is 42.8 Å². The van der Waals surface area contributed by atoms with Crippen molar-refractivity contribution in [1.29, 1.82) is 0 Å². The standard InChI is InChI=1S/C14H19F3N4Se/c1-9-12(22-14(15,16)17)10-3-2-4-11(21(10)20-9)19-13(5-6-13)7-8-18/h2-4,9,19-20H,5-8,18H2,1H3. The number of halogens is 3. The van der Waals surface area contributed by atoms with Gasteiger partial charge in [-0.1, -0.05) is 0 Å². The van der Waals surface area contributed by atoms with Crippen molar-refractivity contribution in [3.8, 4) is 0 Å². The molecule has 1 fully saturated rings. The average Bonchev–Trinajstić information content (AvgIpc) is 3.09. The zero-order chi connectivity index (χ0) is 16.0. The first-order chi connectivity index (χ1) is 10.3. The molecule has 1 atom stereocenters. The SMILES string of the molecule is CC1NN2C(NC3(CCN)CC3)=CC=CC2=C1[Se]C(F)(F)F. The molecule has 22 heavy (non-hydrogen) atoms. The number of hydrogen-bond donors (Lipinski definition) is 3. The molecular formula is C14H19F3N4Se. The molecule has 0 aromatic rings. The molecule has 8 heteroatoms. The van der Waals surface area contributed by atoms with Crippen LogP contribution in [0, 0.1) is 0 Å². The van der Waals surface area contributed by atoms with Crippen LogP contribution in [0.3, 0.4) is 0 Å². The summed E-state index contributed by atoms with van der Waals surface area (Å²) in [5.41, 5.74) is 9.42. The van der Waals surface area contributed by atoms with Crippen molar-refractivity contribution in [2.24, 2.45) is 5.73 Å². The number of fused-ring (bicyclic) bond motifs is 1. The van der Waals surface area contributed by atoms with Crippen LogP contribution in [0.1, 0.15) is 26.2 Å². The Bertz CT molecular complexity index is 549. The molecule has 1 saturated carbocycles. The quantitative estimate of drug-likeness (QED) is 0.634. The third kappa shape index (κ3) is 3.20. The molecule has 0 radical (unpaired) electrons. The van der Waals surface area contributed by atoms with E-state index in [9.17, 15) is 13.2 Å². The molecule has 122 valence electrons. The summed E-state index contributed by atoms with van der Waals surface area (Å²) in [6, 6.07) is -0.311. The van der Waals surface area contributed by atoms with Gasteiger partial charge < -0.3 is 0 Å². The second-order valence-corrected chi connectivity index (χ2v) is 8.16. The van der Waals surface area contributed by atoms with Gasteiger partial charge in [0.25, 0.3) is 0 Å². The molecule has 3 rings (SSSR count). The molecule has 0 aromatic carbocycles. The second-order valence-electron chi connectivity index (χ2n) is 5.84. The number of nitrogens with zero attached hydrogens (tertiary/aromatic N) is 1. The van der Waals surface area contributed by atoms with Crippen molar-refractivity contribution < 1.29 is 13.2 Å². The number of allylic oxidation sites excluding steroid dienone is 3. The van der Waals surface area contributed by atoms with Gasteiger partial charge in [-0.25, -0.2) is 0 Å². The summed E-state index contributed by atoms with van der Waals surface area (Å²) in [6.45, 7) is 2.37. The molecule has 4 nitrogen and oxygen atoms in total. The Balaban J connectivity index is 1.80. The average molecular weight is 379 g/mol. The fraction of sp³-hybridized carbons (Fsp3) is 0.571. The van der Waals surface area contributed by atoms with E-state index in [1.54, 1.807) is 24.1 Å². The molecular weight excluding hydrogens is 360 g/mol. The van der Waals surface area contributed by atoms with Crippen LogP contribution < -0.4 is 16.5 Å². The predicted octanol–water partition coefficient (Wildman–Crippen LogP) is 1.51. The topological polar surface area (TPSA) is 53.3 Å². The summed E-state index contributed by atoms with van der Waals surface area (Å²) in [6.07, 6.45) is 8.41. The van der Waals surface area contributed by atoms with Gasteiger partial charge in [0.2, 0.25) is 0 Å². The maximum absolute atomic E-state index is 12.8. The molecule has 0 saturated heterocycles. The van der Waals surface area contributed by atoms with Crippen LogP contribution in [-0.4, -0.2) is 43.2 Å². The van der Waals surface area contributed by atoms with E-state index in [0.29, 0.717) is 16.7 Å².